The summed E-state index contributed by atoms with van der Waals surface area (Å²) < 4.78 is 60.5. The minimum absolute atomic E-state index is 0.0298. The molecule has 6 rings (SSSR count). The number of fused-ring (bicyclic) bond motifs is 3. The molecule has 2 aliphatic heterocycles. The molecule has 200 valence electrons. The van der Waals surface area contributed by atoms with Gasteiger partial charge in [0.05, 0.1) is 11.7 Å². The molecule has 1 aromatic carbocycles. The van der Waals surface area contributed by atoms with Crippen LogP contribution in [0.3, 0.4) is 0 Å². The summed E-state index contributed by atoms with van der Waals surface area (Å²) in [7, 11) is 0. The van der Waals surface area contributed by atoms with Crippen LogP contribution in [0.1, 0.15) is 17.8 Å². The number of anilines is 2. The lowest BCUT2D eigenvalue weighted by atomic mass is 10.1. The van der Waals surface area contributed by atoms with Crippen molar-refractivity contribution in [2.45, 2.75) is 32.6 Å². The Morgan fingerprint density at radius 1 is 0.947 bits per heavy atom. The quantitative estimate of drug-likeness (QED) is 0.368. The molecule has 1 fully saturated rings. The van der Waals surface area contributed by atoms with Crippen molar-refractivity contribution >= 4 is 22.8 Å². The van der Waals surface area contributed by atoms with Crippen molar-refractivity contribution in [1.29, 1.82) is 0 Å². The maximum atomic E-state index is 14.8. The highest BCUT2D eigenvalue weighted by molar-refractivity contribution is 5.83. The third kappa shape index (κ3) is 5.89. The first-order chi connectivity index (χ1) is 18.4. The number of nitrogens with zero attached hydrogens (tertiary/aromatic N) is 6. The Morgan fingerprint density at radius 3 is 2.47 bits per heavy atom. The molecular formula is C25H25F5N8. The van der Waals surface area contributed by atoms with Gasteiger partial charge in [-0.1, -0.05) is 6.07 Å². The molecule has 5 heterocycles. The highest BCUT2D eigenvalue weighted by Gasteiger charge is 2.21. The summed E-state index contributed by atoms with van der Waals surface area (Å²) in [4.78, 5) is 19.6. The first-order valence-corrected chi connectivity index (χ1v) is 12.2. The Bertz CT molecular complexity index is 1400. The molecule has 0 radical (unpaired) electrons. The minimum Gasteiger partial charge on any atom is -0.328 e. The summed E-state index contributed by atoms with van der Waals surface area (Å²) in [6.45, 7) is 1.99. The Kier molecular flexibility index (Phi) is 7.74. The lowest BCUT2D eigenvalue weighted by Crippen LogP contribution is -2.42. The first-order valence-electron chi connectivity index (χ1n) is 12.2. The van der Waals surface area contributed by atoms with Crippen LogP contribution in [0.5, 0.6) is 0 Å². The van der Waals surface area contributed by atoms with Gasteiger partial charge in [0.15, 0.2) is 11.6 Å². The average molecular weight is 533 g/mol. The molecule has 0 saturated carbocycles. The Morgan fingerprint density at radius 2 is 1.74 bits per heavy atom. The SMILES string of the molecule is FC(F)F.Fc1cnc(Nc2ccc(CN3CCNCC3)cn2)nc1-c1cc(F)c2nc3n(c2c1)CCC3. The van der Waals surface area contributed by atoms with E-state index in [9.17, 15) is 22.0 Å². The first kappa shape index (κ1) is 25.9. The third-order valence-corrected chi connectivity index (χ3v) is 6.37. The van der Waals surface area contributed by atoms with Crippen LogP contribution >= 0.6 is 0 Å². The van der Waals surface area contributed by atoms with Crippen LogP contribution in [0.2, 0.25) is 0 Å². The number of imidazole rings is 1. The second-order valence-electron chi connectivity index (χ2n) is 8.95. The van der Waals surface area contributed by atoms with E-state index in [0.717, 1.165) is 69.7 Å². The van der Waals surface area contributed by atoms with Crippen molar-refractivity contribution in [3.05, 3.63) is 59.7 Å². The van der Waals surface area contributed by atoms with Gasteiger partial charge in [0.2, 0.25) is 5.95 Å². The van der Waals surface area contributed by atoms with Crippen LogP contribution in [0.4, 0.5) is 33.7 Å². The number of aryl methyl sites for hydroxylation is 2. The van der Waals surface area contributed by atoms with E-state index in [1.54, 1.807) is 6.07 Å². The second-order valence-corrected chi connectivity index (χ2v) is 8.95. The van der Waals surface area contributed by atoms with Gasteiger partial charge in [0.25, 0.3) is 0 Å². The normalized spacial score (nSPS) is 15.4. The van der Waals surface area contributed by atoms with E-state index in [4.69, 9.17) is 0 Å². The van der Waals surface area contributed by atoms with Gasteiger partial charge < -0.3 is 15.2 Å². The van der Waals surface area contributed by atoms with Gasteiger partial charge in [-0.15, -0.1) is 0 Å². The number of halogens is 5. The molecule has 13 heteroatoms. The van der Waals surface area contributed by atoms with Crippen LogP contribution in [0.25, 0.3) is 22.3 Å². The van der Waals surface area contributed by atoms with Crippen molar-refractivity contribution in [2.24, 2.45) is 0 Å². The van der Waals surface area contributed by atoms with Crippen LogP contribution in [0.15, 0.2) is 36.7 Å². The number of hydrogen-bond donors (Lipinski definition) is 2. The van der Waals surface area contributed by atoms with Crippen LogP contribution in [-0.4, -0.2) is 62.3 Å². The second kappa shape index (κ2) is 11.4. The fourth-order valence-electron chi connectivity index (χ4n) is 4.67. The molecule has 0 spiro atoms. The number of rotatable bonds is 5. The van der Waals surface area contributed by atoms with Gasteiger partial charge in [-0.3, -0.25) is 4.90 Å². The molecule has 0 amide bonds. The van der Waals surface area contributed by atoms with Gasteiger partial charge in [-0.2, -0.15) is 13.2 Å². The molecular weight excluding hydrogens is 507 g/mol. The lowest BCUT2D eigenvalue weighted by molar-refractivity contribution is 0.00819. The predicted octanol–water partition coefficient (Wildman–Crippen LogP) is 4.44. The molecule has 0 unspecified atom stereocenters. The minimum atomic E-state index is -3.67. The van der Waals surface area contributed by atoms with Crippen molar-refractivity contribution in [3.63, 3.8) is 0 Å². The maximum Gasteiger partial charge on any atom is 0.379 e. The van der Waals surface area contributed by atoms with E-state index >= 15 is 0 Å². The largest absolute Gasteiger partial charge is 0.379 e. The molecule has 38 heavy (non-hydrogen) atoms. The Balaban J connectivity index is 0.000000689. The molecule has 3 aromatic heterocycles. The van der Waals surface area contributed by atoms with Crippen molar-refractivity contribution in [2.75, 3.05) is 31.5 Å². The van der Waals surface area contributed by atoms with Crippen LogP contribution in [-0.2, 0) is 19.5 Å². The summed E-state index contributed by atoms with van der Waals surface area (Å²) in [6.07, 6.45) is 4.70. The fraction of sp³-hybridized carbons (Fsp3) is 0.360. The van der Waals surface area contributed by atoms with Gasteiger partial charge in [0, 0.05) is 57.4 Å². The molecule has 2 aliphatic rings. The predicted molar refractivity (Wildman–Crippen MR) is 132 cm³/mol. The van der Waals surface area contributed by atoms with Gasteiger partial charge in [0.1, 0.15) is 22.9 Å². The van der Waals surface area contributed by atoms with E-state index in [1.807, 2.05) is 22.9 Å². The Labute approximate surface area is 214 Å². The van der Waals surface area contributed by atoms with Crippen molar-refractivity contribution < 1.29 is 22.0 Å². The zero-order chi connectivity index (χ0) is 26.6. The highest BCUT2D eigenvalue weighted by Crippen LogP contribution is 2.31. The number of pyridine rings is 1. The van der Waals surface area contributed by atoms with E-state index in [-0.39, 0.29) is 11.6 Å². The smallest absolute Gasteiger partial charge is 0.328 e. The Hall–Kier alpha value is -3.71. The highest BCUT2D eigenvalue weighted by atomic mass is 19.4. The number of nitrogens with one attached hydrogen (secondary N) is 2. The number of alkyl halides is 3. The zero-order valence-electron chi connectivity index (χ0n) is 20.3. The molecule has 2 N–H and O–H groups in total. The monoisotopic (exact) mass is 532 g/mol. The standard InChI is InChI=1S/C24H24F2N8.CHF3/c25-17-10-16(11-19-23(17)31-21-2-1-7-34(19)21)22-18(26)13-29-24(32-22)30-20-4-3-15(12-28-20)14-33-8-5-27-6-9-33;2-1(3)4/h3-4,10-13,27H,1-2,5-9,14H2,(H,28,29,30,32);1H. The summed E-state index contributed by atoms with van der Waals surface area (Å²) in [5.41, 5.74) is 2.47. The topological polar surface area (TPSA) is 83.8 Å². The molecule has 0 bridgehead atoms. The van der Waals surface area contributed by atoms with Crippen LogP contribution < -0.4 is 10.6 Å². The number of piperazine rings is 1. The molecule has 0 atom stereocenters. The van der Waals surface area contributed by atoms with Gasteiger partial charge in [-0.25, -0.2) is 28.7 Å². The molecule has 0 aliphatic carbocycles. The van der Waals surface area contributed by atoms with Gasteiger partial charge in [-0.05, 0) is 30.2 Å². The average Bonchev–Trinajstić information content (AvgIpc) is 3.49. The van der Waals surface area contributed by atoms with Gasteiger partial charge >= 0.3 is 6.68 Å². The molecule has 8 nitrogen and oxygen atoms in total. The zero-order valence-corrected chi connectivity index (χ0v) is 20.3. The summed E-state index contributed by atoms with van der Waals surface area (Å²) in [5.74, 6) is 0.506. The fourth-order valence-corrected chi connectivity index (χ4v) is 4.67. The molecule has 1 saturated heterocycles. The lowest BCUT2D eigenvalue weighted by Gasteiger charge is -2.27. The van der Waals surface area contributed by atoms with Crippen molar-refractivity contribution in [3.8, 4) is 11.3 Å². The third-order valence-electron chi connectivity index (χ3n) is 6.37. The van der Waals surface area contributed by atoms with Crippen LogP contribution in [0, 0.1) is 11.6 Å². The summed E-state index contributed by atoms with van der Waals surface area (Å²) in [6, 6.07) is 6.89. The van der Waals surface area contributed by atoms with Crippen molar-refractivity contribution in [1.82, 2.24) is 34.7 Å². The molecule has 4 aromatic rings. The maximum absolute atomic E-state index is 14.8. The summed E-state index contributed by atoms with van der Waals surface area (Å²) in [5, 5.41) is 6.37. The van der Waals surface area contributed by atoms with E-state index in [1.165, 1.54) is 6.07 Å². The van der Waals surface area contributed by atoms with E-state index < -0.39 is 18.3 Å². The van der Waals surface area contributed by atoms with E-state index in [0.29, 0.717) is 22.4 Å². The van der Waals surface area contributed by atoms with E-state index in [2.05, 4.69) is 35.5 Å². The summed E-state index contributed by atoms with van der Waals surface area (Å²) >= 11 is 0. The number of hydrogen-bond acceptors (Lipinski definition) is 7. The number of benzene rings is 1. The number of aromatic nitrogens is 5.